The number of fused-ring (bicyclic) bond motifs is 6. The van der Waals surface area contributed by atoms with Gasteiger partial charge in [-0.2, -0.15) is 0 Å². The number of hydrogen-bond donors (Lipinski definition) is 0. The van der Waals surface area contributed by atoms with Crippen molar-refractivity contribution in [3.63, 3.8) is 0 Å². The van der Waals surface area contributed by atoms with E-state index in [-0.39, 0.29) is 10.8 Å². The van der Waals surface area contributed by atoms with Crippen molar-refractivity contribution >= 4 is 86.5 Å². The Hall–Kier alpha value is -14.2. The van der Waals surface area contributed by atoms with Gasteiger partial charge in [-0.3, -0.25) is 0 Å². The summed E-state index contributed by atoms with van der Waals surface area (Å²) in [7, 11) is 0. The third-order valence-electron chi connectivity index (χ3n) is 29.9. The second-order valence-corrected chi connectivity index (χ2v) is 44.7. The van der Waals surface area contributed by atoms with Crippen molar-refractivity contribution in [2.24, 2.45) is 0 Å². The van der Waals surface area contributed by atoms with Crippen molar-refractivity contribution in [3.05, 3.63) is 397 Å². The van der Waals surface area contributed by atoms with Gasteiger partial charge in [0.15, 0.2) is 52.4 Å². The molecule has 4 saturated carbocycles. The summed E-state index contributed by atoms with van der Waals surface area (Å²) in [5, 5.41) is 0. The average Bonchev–Trinajstić information content (AvgIpc) is 0.805. The molecule has 15 heteroatoms. The minimum Gasteiger partial charge on any atom is -0.308 e. The van der Waals surface area contributed by atoms with Gasteiger partial charge >= 0.3 is 0 Å². The first-order valence-electron chi connectivity index (χ1n) is 51.8. The molecule has 3 aromatic heterocycles. The number of hydrogen-bond acceptors (Lipinski definition) is 15. The lowest BCUT2D eigenvalue weighted by atomic mass is 9.84. The largest absolute Gasteiger partial charge is 0.308 e. The molecule has 18 aromatic rings. The summed E-state index contributed by atoms with van der Waals surface area (Å²) in [4.78, 5) is 60.1. The van der Waals surface area contributed by atoms with E-state index in [1.54, 1.807) is 0 Å². The van der Waals surface area contributed by atoms with Crippen LogP contribution in [0.3, 0.4) is 0 Å². The lowest BCUT2D eigenvalue weighted by molar-refractivity contribution is 0.443. The molecule has 7 aliphatic rings. The van der Waals surface area contributed by atoms with Gasteiger partial charge in [0.25, 0.3) is 0 Å². The molecular weight excluding hydrogens is 1810 g/mol. The molecule has 0 amide bonds. The third kappa shape index (κ3) is 20.1. The average molecular weight is 1930 g/mol. The summed E-state index contributed by atoms with van der Waals surface area (Å²) in [5.74, 6) is 8.93. The standard InChI is InChI=1S/C45H42N4S.C43H38N4S.C41H38N4S/c1-3-11-31(12-4-1)33-19-23-35(24-20-33)43-46-44(36-25-21-34(22-26-36)32-13-5-2-6-14-32)48-45(47-43)37-27-29-38(30-28-37)49-39-15-7-9-17-41(39)50-42-18-10-8-16-40(42)49;1-2-10-29(9-1)31-17-21-33(22-18-31)41-44-42(34-23-19-32(20-24-34)30-11-3-4-12-30)46-43(45-41)35-25-27-36(28-26-35)47-37-13-5-7-15-39(37)48-40-16-8-6-14-38(40)47;1-40(2,3)30-21-15-27(16-22-30)37-42-38(28-17-23-31(24-18-28)41(4,5)6)44-39(43-37)29-19-25-32(26-20-29)45-33-11-7-9-13-35(33)46-36-14-10-8-12-34(36)45/h7-10,15-32H,1-6,11-14H2;5-8,13-30H,1-4,9-12H2;7-26H,1-6H3. The lowest BCUT2D eigenvalue weighted by Crippen LogP contribution is -2.14. The molecule has 0 bridgehead atoms. The van der Waals surface area contributed by atoms with Crippen molar-refractivity contribution in [1.29, 1.82) is 0 Å². The van der Waals surface area contributed by atoms with Crippen molar-refractivity contribution in [2.45, 2.75) is 221 Å². The van der Waals surface area contributed by atoms with Crippen LogP contribution in [0.25, 0.3) is 102 Å². The zero-order chi connectivity index (χ0) is 97.2. The van der Waals surface area contributed by atoms with Gasteiger partial charge in [-0.25, -0.2) is 44.9 Å². The Balaban J connectivity index is 0.000000120. The summed E-state index contributed by atoms with van der Waals surface area (Å²) < 4.78 is 0. The topological polar surface area (TPSA) is 126 Å². The van der Waals surface area contributed by atoms with Crippen molar-refractivity contribution in [3.8, 4) is 102 Å². The van der Waals surface area contributed by atoms with Crippen LogP contribution in [0, 0.1) is 0 Å². The highest BCUT2D eigenvalue weighted by molar-refractivity contribution is 8.00. The number of aromatic nitrogens is 9. The van der Waals surface area contributed by atoms with Crippen LogP contribution < -0.4 is 14.7 Å². The van der Waals surface area contributed by atoms with Crippen LogP contribution in [0.5, 0.6) is 0 Å². The van der Waals surface area contributed by atoms with Gasteiger partial charge in [-0.1, -0.05) is 359 Å². The van der Waals surface area contributed by atoms with Crippen molar-refractivity contribution in [2.75, 3.05) is 14.7 Å². The Morgan fingerprint density at radius 3 is 0.507 bits per heavy atom. The summed E-state index contributed by atoms with van der Waals surface area (Å²) in [6.07, 6.45) is 23.7. The van der Waals surface area contributed by atoms with Crippen LogP contribution in [-0.2, 0) is 10.8 Å². The molecule has 0 unspecified atom stereocenters. The highest BCUT2D eigenvalue weighted by Gasteiger charge is 2.32. The van der Waals surface area contributed by atoms with Gasteiger partial charge in [0.2, 0.25) is 0 Å². The van der Waals surface area contributed by atoms with Crippen LogP contribution >= 0.6 is 35.3 Å². The molecule has 12 nitrogen and oxygen atoms in total. The Morgan fingerprint density at radius 1 is 0.181 bits per heavy atom. The molecule has 15 aromatic carbocycles. The molecule has 0 saturated heterocycles. The highest BCUT2D eigenvalue weighted by Crippen LogP contribution is 2.56. The van der Waals surface area contributed by atoms with Gasteiger partial charge < -0.3 is 14.7 Å². The Labute approximate surface area is 860 Å². The van der Waals surface area contributed by atoms with E-state index in [4.69, 9.17) is 44.9 Å². The van der Waals surface area contributed by atoms with Crippen LogP contribution in [0.4, 0.5) is 51.2 Å². The normalized spacial score (nSPS) is 15.2. The van der Waals surface area contributed by atoms with Gasteiger partial charge in [0, 0.05) is 96.5 Å². The van der Waals surface area contributed by atoms with Gasteiger partial charge in [-0.15, -0.1) is 0 Å². The fourth-order valence-corrected chi connectivity index (χ4v) is 24.9. The maximum absolute atomic E-state index is 5.11. The smallest absolute Gasteiger partial charge is 0.164 e. The number of anilines is 9. The molecule has 25 rings (SSSR count). The first-order chi connectivity index (χ1) is 70.6. The number of para-hydroxylation sites is 6. The van der Waals surface area contributed by atoms with Crippen LogP contribution in [0.1, 0.15) is 214 Å². The number of rotatable bonds is 16. The van der Waals surface area contributed by atoms with E-state index in [0.717, 1.165) is 78.8 Å². The molecule has 4 aliphatic carbocycles. The fraction of sp³-hybridized carbons (Fsp3) is 0.233. The van der Waals surface area contributed by atoms with Crippen molar-refractivity contribution < 1.29 is 0 Å². The molecule has 0 atom stereocenters. The predicted octanol–water partition coefficient (Wildman–Crippen LogP) is 36.4. The Morgan fingerprint density at radius 2 is 0.333 bits per heavy atom. The first kappa shape index (κ1) is 93.4. The van der Waals surface area contributed by atoms with Crippen molar-refractivity contribution in [1.82, 2.24) is 44.9 Å². The molecule has 144 heavy (non-hydrogen) atoms. The quantitative estimate of drug-likeness (QED) is 0.0910. The highest BCUT2D eigenvalue weighted by atomic mass is 32.2. The van der Waals surface area contributed by atoms with E-state index in [2.05, 4.69) is 420 Å². The van der Waals surface area contributed by atoms with Crippen LogP contribution in [0.2, 0.25) is 0 Å². The van der Waals surface area contributed by atoms with Gasteiger partial charge in [-0.05, 0) is 265 Å². The molecule has 712 valence electrons. The Bertz CT molecular complexity index is 7240. The SMILES string of the molecule is CC(C)(C)c1ccc(-c2nc(-c3ccc(N4c5ccccc5Sc5ccccc54)cc3)nc(-c3ccc(C(C)(C)C)cc3)n2)cc1.c1ccc2c(c1)Sc1ccccc1N2c1ccc(-c2nc(-c3ccc(C4CCCC4)cc3)nc(-c3ccc(C4CCCC4)cc3)n2)cc1.c1ccc2c(c1)Sc1ccccc1N2c1ccc(-c2nc(-c3ccc(C4CCCCC4)cc3)nc(-c3ccc(C4CCCCC4)cc3)n2)cc1. The molecule has 4 fully saturated rings. The molecule has 0 N–H and O–H groups in total. The second-order valence-electron chi connectivity index (χ2n) is 41.5. The molecule has 0 spiro atoms. The molecule has 6 heterocycles. The zero-order valence-corrected chi connectivity index (χ0v) is 85.2. The van der Waals surface area contributed by atoms with E-state index < -0.39 is 0 Å². The summed E-state index contributed by atoms with van der Waals surface area (Å²) in [6, 6.07) is 131. The molecular formula is C129H118N12S3. The monoisotopic (exact) mass is 1930 g/mol. The third-order valence-corrected chi connectivity index (χ3v) is 33.2. The van der Waals surface area contributed by atoms with E-state index in [9.17, 15) is 0 Å². The van der Waals surface area contributed by atoms with E-state index in [1.807, 2.05) is 35.3 Å². The summed E-state index contributed by atoms with van der Waals surface area (Å²) >= 11 is 5.47. The van der Waals surface area contributed by atoms with E-state index in [0.29, 0.717) is 64.4 Å². The van der Waals surface area contributed by atoms with Crippen LogP contribution in [0.15, 0.2) is 393 Å². The number of nitrogens with zero attached hydrogens (tertiary/aromatic N) is 12. The first-order valence-corrected chi connectivity index (χ1v) is 54.2. The predicted molar refractivity (Wildman–Crippen MR) is 596 cm³/mol. The van der Waals surface area contributed by atoms with Gasteiger partial charge in [0.1, 0.15) is 0 Å². The van der Waals surface area contributed by atoms with Gasteiger partial charge in [0.05, 0.1) is 34.1 Å². The molecule has 0 radical (unpaired) electrons. The van der Waals surface area contributed by atoms with E-state index in [1.165, 1.54) is 212 Å². The fourth-order valence-electron chi connectivity index (χ4n) is 21.8. The number of benzene rings is 15. The summed E-state index contributed by atoms with van der Waals surface area (Å²) in [6.45, 7) is 13.4. The Kier molecular flexibility index (Phi) is 26.8. The summed E-state index contributed by atoms with van der Waals surface area (Å²) in [5.41, 5.74) is 27.9. The maximum Gasteiger partial charge on any atom is 0.164 e. The van der Waals surface area contributed by atoms with Crippen LogP contribution in [-0.4, -0.2) is 44.9 Å². The lowest BCUT2D eigenvalue weighted by Gasteiger charge is -2.32. The van der Waals surface area contributed by atoms with E-state index >= 15 is 0 Å². The zero-order valence-electron chi connectivity index (χ0n) is 82.8. The minimum absolute atomic E-state index is 0.0680. The maximum atomic E-state index is 5.11. The minimum atomic E-state index is 0.0680. The second kappa shape index (κ2) is 41.2. The molecule has 3 aliphatic heterocycles.